The number of rotatable bonds is 7. The molecule has 3 N–H and O–H groups in total. The molecule has 1 amide bonds. The van der Waals surface area contributed by atoms with Crippen LogP contribution in [-0.4, -0.2) is 29.2 Å². The number of aliphatic hydroxyl groups is 1. The molecule has 0 aliphatic heterocycles. The van der Waals surface area contributed by atoms with Gasteiger partial charge in [0.05, 0.1) is 17.9 Å². The third-order valence-corrected chi connectivity index (χ3v) is 3.72. The quantitative estimate of drug-likeness (QED) is 0.719. The molecule has 2 atom stereocenters. The van der Waals surface area contributed by atoms with Gasteiger partial charge >= 0.3 is 6.18 Å². The van der Waals surface area contributed by atoms with Crippen molar-refractivity contribution < 1.29 is 23.1 Å². The van der Waals surface area contributed by atoms with Crippen molar-refractivity contribution in [3.63, 3.8) is 0 Å². The molecule has 130 valence electrons. The molecule has 0 saturated carbocycles. The number of benzene rings is 1. The summed E-state index contributed by atoms with van der Waals surface area (Å²) in [6.07, 6.45) is -3.86. The van der Waals surface area contributed by atoms with Crippen LogP contribution in [0.5, 0.6) is 0 Å². The first kappa shape index (κ1) is 19.4. The van der Waals surface area contributed by atoms with Gasteiger partial charge in [-0.15, -0.1) is 0 Å². The fourth-order valence-corrected chi connectivity index (χ4v) is 2.22. The van der Waals surface area contributed by atoms with E-state index in [1.165, 1.54) is 18.2 Å². The van der Waals surface area contributed by atoms with Crippen LogP contribution >= 0.6 is 0 Å². The second-order valence-electron chi connectivity index (χ2n) is 5.91. The molecule has 0 saturated heterocycles. The van der Waals surface area contributed by atoms with Crippen molar-refractivity contribution in [2.24, 2.45) is 0 Å². The second-order valence-corrected chi connectivity index (χ2v) is 5.91. The SMILES string of the molecule is CCC(C)(CO)NC(C)CC(=O)Nc1ccccc1C(F)(F)F. The molecule has 0 bridgehead atoms. The largest absolute Gasteiger partial charge is 0.418 e. The van der Waals surface area contributed by atoms with Gasteiger partial charge < -0.3 is 15.7 Å². The van der Waals surface area contributed by atoms with Crippen LogP contribution in [0.15, 0.2) is 24.3 Å². The molecule has 0 spiro atoms. The number of hydrogen-bond acceptors (Lipinski definition) is 3. The van der Waals surface area contributed by atoms with Gasteiger partial charge in [0.25, 0.3) is 0 Å². The highest BCUT2D eigenvalue weighted by atomic mass is 19.4. The van der Waals surface area contributed by atoms with Crippen LogP contribution in [0, 0.1) is 0 Å². The number of nitrogens with one attached hydrogen (secondary N) is 2. The number of aliphatic hydroxyl groups excluding tert-OH is 1. The first-order valence-electron chi connectivity index (χ1n) is 7.46. The van der Waals surface area contributed by atoms with E-state index in [0.717, 1.165) is 6.07 Å². The van der Waals surface area contributed by atoms with Gasteiger partial charge in [-0.2, -0.15) is 13.2 Å². The molecule has 0 fully saturated rings. The molecule has 1 aromatic carbocycles. The highest BCUT2D eigenvalue weighted by molar-refractivity contribution is 5.92. The predicted molar refractivity (Wildman–Crippen MR) is 83.1 cm³/mol. The lowest BCUT2D eigenvalue weighted by molar-refractivity contribution is -0.137. The molecule has 7 heteroatoms. The van der Waals surface area contributed by atoms with Crippen molar-refractivity contribution in [2.45, 2.75) is 51.4 Å². The first-order chi connectivity index (χ1) is 10.6. The van der Waals surface area contributed by atoms with Crippen molar-refractivity contribution in [1.29, 1.82) is 0 Å². The highest BCUT2D eigenvalue weighted by Gasteiger charge is 2.33. The van der Waals surface area contributed by atoms with Crippen molar-refractivity contribution in [3.05, 3.63) is 29.8 Å². The summed E-state index contributed by atoms with van der Waals surface area (Å²) in [5.41, 5.74) is -1.65. The lowest BCUT2D eigenvalue weighted by atomic mass is 9.98. The number of para-hydroxylation sites is 1. The van der Waals surface area contributed by atoms with Gasteiger partial charge in [0, 0.05) is 18.0 Å². The van der Waals surface area contributed by atoms with E-state index >= 15 is 0 Å². The fourth-order valence-electron chi connectivity index (χ4n) is 2.22. The summed E-state index contributed by atoms with van der Waals surface area (Å²) in [6.45, 7) is 5.38. The first-order valence-corrected chi connectivity index (χ1v) is 7.46. The van der Waals surface area contributed by atoms with Crippen LogP contribution in [0.3, 0.4) is 0 Å². The molecule has 0 aromatic heterocycles. The molecule has 0 aliphatic carbocycles. The van der Waals surface area contributed by atoms with Crippen LogP contribution in [0.2, 0.25) is 0 Å². The summed E-state index contributed by atoms with van der Waals surface area (Å²) in [5, 5.41) is 14.8. The summed E-state index contributed by atoms with van der Waals surface area (Å²) >= 11 is 0. The average Bonchev–Trinajstić information content (AvgIpc) is 2.46. The standard InChI is InChI=1S/C16H23F3N2O2/c1-4-15(3,10-22)21-11(2)9-14(23)20-13-8-6-5-7-12(13)16(17,18)19/h5-8,11,21-22H,4,9-10H2,1-3H3,(H,20,23). The van der Waals surface area contributed by atoms with Crippen LogP contribution in [0.1, 0.15) is 39.2 Å². The molecular weight excluding hydrogens is 309 g/mol. The third-order valence-electron chi connectivity index (χ3n) is 3.72. The highest BCUT2D eigenvalue weighted by Crippen LogP contribution is 2.34. The minimum absolute atomic E-state index is 0.00177. The molecule has 2 unspecified atom stereocenters. The van der Waals surface area contributed by atoms with Gasteiger partial charge in [-0.3, -0.25) is 4.79 Å². The normalized spacial score (nSPS) is 15.8. The molecule has 0 aliphatic rings. The number of anilines is 1. The summed E-state index contributed by atoms with van der Waals surface area (Å²) in [5.74, 6) is -0.516. The van der Waals surface area contributed by atoms with Gasteiger partial charge in [-0.25, -0.2) is 0 Å². The Balaban J connectivity index is 2.71. The minimum Gasteiger partial charge on any atom is -0.394 e. The Labute approximate surface area is 134 Å². The molecule has 4 nitrogen and oxygen atoms in total. The fraction of sp³-hybridized carbons (Fsp3) is 0.562. The smallest absolute Gasteiger partial charge is 0.394 e. The van der Waals surface area contributed by atoms with Gasteiger partial charge in [0.2, 0.25) is 5.91 Å². The Morgan fingerprint density at radius 1 is 1.30 bits per heavy atom. The third kappa shape index (κ3) is 5.84. The van der Waals surface area contributed by atoms with Gasteiger partial charge in [0.1, 0.15) is 0 Å². The molecule has 23 heavy (non-hydrogen) atoms. The number of amides is 1. The van der Waals surface area contributed by atoms with Crippen LogP contribution in [0.25, 0.3) is 0 Å². The molecular formula is C16H23F3N2O2. The maximum absolute atomic E-state index is 12.9. The van der Waals surface area contributed by atoms with E-state index in [-0.39, 0.29) is 24.8 Å². The van der Waals surface area contributed by atoms with E-state index in [9.17, 15) is 23.1 Å². The summed E-state index contributed by atoms with van der Waals surface area (Å²) in [6, 6.07) is 4.58. The van der Waals surface area contributed by atoms with Crippen LogP contribution in [-0.2, 0) is 11.0 Å². The van der Waals surface area contributed by atoms with Gasteiger partial charge in [0.15, 0.2) is 0 Å². The van der Waals surface area contributed by atoms with E-state index in [1.54, 1.807) is 6.92 Å². The summed E-state index contributed by atoms with van der Waals surface area (Å²) < 4.78 is 38.7. The Hall–Kier alpha value is -1.60. The zero-order valence-corrected chi connectivity index (χ0v) is 13.5. The van der Waals surface area contributed by atoms with Crippen LogP contribution < -0.4 is 10.6 Å². The van der Waals surface area contributed by atoms with Crippen molar-refractivity contribution in [2.75, 3.05) is 11.9 Å². The van der Waals surface area contributed by atoms with Crippen molar-refractivity contribution >= 4 is 11.6 Å². The zero-order valence-electron chi connectivity index (χ0n) is 13.5. The Morgan fingerprint density at radius 2 is 1.91 bits per heavy atom. The average molecular weight is 332 g/mol. The molecule has 0 heterocycles. The van der Waals surface area contributed by atoms with Crippen molar-refractivity contribution in [1.82, 2.24) is 5.32 Å². The summed E-state index contributed by atoms with van der Waals surface area (Å²) in [4.78, 5) is 12.0. The number of carbonyl (C=O) groups is 1. The summed E-state index contributed by atoms with van der Waals surface area (Å²) in [7, 11) is 0. The van der Waals surface area contributed by atoms with Gasteiger partial charge in [-0.1, -0.05) is 19.1 Å². The molecule has 0 radical (unpaired) electrons. The van der Waals surface area contributed by atoms with E-state index in [1.807, 2.05) is 13.8 Å². The lowest BCUT2D eigenvalue weighted by Crippen LogP contribution is -2.50. The van der Waals surface area contributed by atoms with E-state index in [4.69, 9.17) is 0 Å². The zero-order chi connectivity index (χ0) is 17.7. The topological polar surface area (TPSA) is 61.4 Å². The van der Waals surface area contributed by atoms with E-state index in [2.05, 4.69) is 10.6 Å². The monoisotopic (exact) mass is 332 g/mol. The van der Waals surface area contributed by atoms with Gasteiger partial charge in [-0.05, 0) is 32.4 Å². The Bertz CT molecular complexity index is 528. The lowest BCUT2D eigenvalue weighted by Gasteiger charge is -2.31. The Kier molecular flexibility index (Phi) is 6.58. The number of hydrogen-bond donors (Lipinski definition) is 3. The predicted octanol–water partition coefficient (Wildman–Crippen LogP) is 3.17. The van der Waals surface area contributed by atoms with Crippen LogP contribution in [0.4, 0.5) is 18.9 Å². The van der Waals surface area contributed by atoms with E-state index < -0.39 is 23.2 Å². The maximum Gasteiger partial charge on any atom is 0.418 e. The molecule has 1 rings (SSSR count). The maximum atomic E-state index is 12.9. The Morgan fingerprint density at radius 3 is 2.43 bits per heavy atom. The number of carbonyl (C=O) groups excluding carboxylic acids is 1. The molecule has 1 aromatic rings. The second kappa shape index (κ2) is 7.79. The number of alkyl halides is 3. The van der Waals surface area contributed by atoms with E-state index in [0.29, 0.717) is 6.42 Å². The minimum atomic E-state index is -4.52. The van der Waals surface area contributed by atoms with Crippen molar-refractivity contribution in [3.8, 4) is 0 Å². The number of halogens is 3.